The number of amides is 1. The first kappa shape index (κ1) is 19.9. The van der Waals surface area contributed by atoms with Crippen molar-refractivity contribution in [2.24, 2.45) is 0 Å². The predicted octanol–water partition coefficient (Wildman–Crippen LogP) is 5.14. The zero-order chi connectivity index (χ0) is 21.3. The van der Waals surface area contributed by atoms with Crippen LogP contribution in [0.15, 0.2) is 60.7 Å². The molecule has 3 aromatic rings. The van der Waals surface area contributed by atoms with Crippen LogP contribution in [0, 0.1) is 0 Å². The molecule has 1 aliphatic heterocycles. The third-order valence-electron chi connectivity index (χ3n) is 5.04. The maximum absolute atomic E-state index is 13.5. The lowest BCUT2D eigenvalue weighted by Gasteiger charge is -2.38. The van der Waals surface area contributed by atoms with Crippen LogP contribution in [-0.4, -0.2) is 27.2 Å². The first-order chi connectivity index (χ1) is 14.6. The van der Waals surface area contributed by atoms with E-state index >= 15 is 0 Å². The molecule has 1 amide bonds. The van der Waals surface area contributed by atoms with Gasteiger partial charge in [0.25, 0.3) is 5.91 Å². The number of hydrogen-bond acceptors (Lipinski definition) is 5. The highest BCUT2D eigenvalue weighted by Crippen LogP contribution is 2.44. The molecule has 1 aliphatic rings. The van der Waals surface area contributed by atoms with E-state index in [9.17, 15) is 4.79 Å². The van der Waals surface area contributed by atoms with E-state index in [-0.39, 0.29) is 5.91 Å². The fourth-order valence-electron chi connectivity index (χ4n) is 3.64. The first-order valence-electron chi connectivity index (χ1n) is 9.32. The van der Waals surface area contributed by atoms with Gasteiger partial charge in [0.1, 0.15) is 6.17 Å². The summed E-state index contributed by atoms with van der Waals surface area (Å²) in [7, 11) is 4.66. The maximum atomic E-state index is 13.5. The Hall–Kier alpha value is -3.38. The van der Waals surface area contributed by atoms with Crippen LogP contribution in [0.2, 0.25) is 5.02 Å². The Kier molecular flexibility index (Phi) is 5.42. The van der Waals surface area contributed by atoms with Gasteiger partial charge in [-0.15, -0.1) is 0 Å². The molecule has 4 rings (SSSR count). The molecule has 0 bridgehead atoms. The van der Waals surface area contributed by atoms with Crippen LogP contribution in [0.5, 0.6) is 17.2 Å². The van der Waals surface area contributed by atoms with Crippen molar-refractivity contribution in [1.82, 2.24) is 0 Å². The van der Waals surface area contributed by atoms with E-state index in [0.29, 0.717) is 33.5 Å². The highest BCUT2D eigenvalue weighted by atomic mass is 35.5. The van der Waals surface area contributed by atoms with Crippen molar-refractivity contribution in [2.45, 2.75) is 6.17 Å². The summed E-state index contributed by atoms with van der Waals surface area (Å²) in [5.41, 5.74) is 2.67. The van der Waals surface area contributed by atoms with Gasteiger partial charge in [0.05, 0.1) is 37.6 Å². The molecule has 0 fully saturated rings. The third kappa shape index (κ3) is 3.29. The Morgan fingerprint density at radius 2 is 1.53 bits per heavy atom. The zero-order valence-corrected chi connectivity index (χ0v) is 17.6. The maximum Gasteiger partial charge on any atom is 0.262 e. The number of para-hydroxylation sites is 2. The van der Waals surface area contributed by atoms with Crippen molar-refractivity contribution >= 4 is 28.9 Å². The molecule has 1 heterocycles. The summed E-state index contributed by atoms with van der Waals surface area (Å²) in [6.45, 7) is 0. The fraction of sp³-hybridized carbons (Fsp3) is 0.174. The Balaban J connectivity index is 1.92. The average Bonchev–Trinajstić information content (AvgIpc) is 2.78. The number of rotatable bonds is 5. The Labute approximate surface area is 179 Å². The molecule has 30 heavy (non-hydrogen) atoms. The molecule has 0 radical (unpaired) electrons. The molecule has 6 nitrogen and oxygen atoms in total. The predicted molar refractivity (Wildman–Crippen MR) is 117 cm³/mol. The number of carbonyl (C=O) groups is 1. The molecule has 0 aromatic heterocycles. The Morgan fingerprint density at radius 3 is 2.17 bits per heavy atom. The van der Waals surface area contributed by atoms with E-state index in [1.54, 1.807) is 38.4 Å². The van der Waals surface area contributed by atoms with Gasteiger partial charge in [0, 0.05) is 11.3 Å². The first-order valence-corrected chi connectivity index (χ1v) is 9.70. The van der Waals surface area contributed by atoms with Gasteiger partial charge < -0.3 is 19.5 Å². The molecule has 0 saturated carbocycles. The Bertz CT molecular complexity index is 1080. The number of ether oxygens (including phenoxy) is 3. The lowest BCUT2D eigenvalue weighted by Crippen LogP contribution is -2.43. The quantitative estimate of drug-likeness (QED) is 0.614. The largest absolute Gasteiger partial charge is 0.493 e. The number of hydrogen-bond donors (Lipinski definition) is 1. The second-order valence-electron chi connectivity index (χ2n) is 6.68. The van der Waals surface area contributed by atoms with Crippen LogP contribution < -0.4 is 24.4 Å². The normalized spacial score (nSPS) is 15.3. The topological polar surface area (TPSA) is 60.0 Å². The minimum atomic E-state index is -0.541. The molecular formula is C23H21ClN2O4. The number of carbonyl (C=O) groups excluding carboxylic acids is 1. The van der Waals surface area contributed by atoms with Crippen molar-refractivity contribution in [2.75, 3.05) is 31.5 Å². The average molecular weight is 425 g/mol. The monoisotopic (exact) mass is 424 g/mol. The van der Waals surface area contributed by atoms with E-state index in [1.807, 2.05) is 48.5 Å². The van der Waals surface area contributed by atoms with Crippen molar-refractivity contribution in [3.63, 3.8) is 0 Å². The molecule has 0 spiro atoms. The summed E-state index contributed by atoms with van der Waals surface area (Å²) >= 11 is 6.48. The molecule has 0 unspecified atom stereocenters. The van der Waals surface area contributed by atoms with Crippen LogP contribution in [0.25, 0.3) is 0 Å². The summed E-state index contributed by atoms with van der Waals surface area (Å²) in [4.78, 5) is 15.2. The summed E-state index contributed by atoms with van der Waals surface area (Å²) in [5.74, 6) is 1.32. The van der Waals surface area contributed by atoms with Crippen molar-refractivity contribution in [3.05, 3.63) is 76.8 Å². The number of nitrogens with one attached hydrogen (secondary N) is 1. The Morgan fingerprint density at radius 1 is 0.900 bits per heavy atom. The molecule has 154 valence electrons. The number of methoxy groups -OCH3 is 3. The van der Waals surface area contributed by atoms with Gasteiger partial charge in [-0.25, -0.2) is 0 Å². The highest BCUT2D eigenvalue weighted by molar-refractivity contribution is 6.34. The minimum Gasteiger partial charge on any atom is -0.493 e. The number of benzene rings is 3. The van der Waals surface area contributed by atoms with Gasteiger partial charge in [-0.2, -0.15) is 0 Å². The number of nitrogens with zero attached hydrogens (tertiary/aromatic N) is 1. The summed E-state index contributed by atoms with van der Waals surface area (Å²) in [6, 6.07) is 18.3. The van der Waals surface area contributed by atoms with Gasteiger partial charge in [0.15, 0.2) is 11.5 Å². The highest BCUT2D eigenvalue weighted by Gasteiger charge is 2.36. The van der Waals surface area contributed by atoms with Crippen molar-refractivity contribution in [3.8, 4) is 17.2 Å². The smallest absolute Gasteiger partial charge is 0.262 e. The van der Waals surface area contributed by atoms with E-state index in [0.717, 1.165) is 11.3 Å². The standard InChI is InChI=1S/C23H21ClN2O4/c1-28-19-12-14(13-20(29-2)21(19)30-3)22-25-17-10-6-4-8-15(17)23(27)26(22)18-11-7-5-9-16(18)24/h4-13,22,25H,1-3H3/t22-/m0/s1. The van der Waals surface area contributed by atoms with Gasteiger partial charge in [-0.1, -0.05) is 35.9 Å². The lowest BCUT2D eigenvalue weighted by molar-refractivity contribution is 0.0975. The van der Waals surface area contributed by atoms with Gasteiger partial charge >= 0.3 is 0 Å². The van der Waals surface area contributed by atoms with Crippen LogP contribution in [0.3, 0.4) is 0 Å². The number of fused-ring (bicyclic) bond motifs is 1. The van der Waals surface area contributed by atoms with E-state index < -0.39 is 6.17 Å². The van der Waals surface area contributed by atoms with Gasteiger partial charge in [-0.3, -0.25) is 9.69 Å². The van der Waals surface area contributed by atoms with E-state index in [1.165, 1.54) is 0 Å². The zero-order valence-electron chi connectivity index (χ0n) is 16.8. The lowest BCUT2D eigenvalue weighted by atomic mass is 10.0. The molecule has 1 atom stereocenters. The molecule has 0 aliphatic carbocycles. The third-order valence-corrected chi connectivity index (χ3v) is 5.36. The molecule has 1 N–H and O–H groups in total. The molecule has 0 saturated heterocycles. The summed E-state index contributed by atoms with van der Waals surface area (Å²) in [6.07, 6.45) is -0.541. The summed E-state index contributed by atoms with van der Waals surface area (Å²) < 4.78 is 16.5. The minimum absolute atomic E-state index is 0.156. The second-order valence-corrected chi connectivity index (χ2v) is 7.08. The van der Waals surface area contributed by atoms with E-state index in [4.69, 9.17) is 25.8 Å². The van der Waals surface area contributed by atoms with Crippen LogP contribution in [0.4, 0.5) is 11.4 Å². The van der Waals surface area contributed by atoms with Crippen LogP contribution in [-0.2, 0) is 0 Å². The van der Waals surface area contributed by atoms with Crippen LogP contribution >= 0.6 is 11.6 Å². The fourth-order valence-corrected chi connectivity index (χ4v) is 3.87. The van der Waals surface area contributed by atoms with Crippen molar-refractivity contribution < 1.29 is 19.0 Å². The molecule has 3 aromatic carbocycles. The number of halogens is 1. The second kappa shape index (κ2) is 8.16. The van der Waals surface area contributed by atoms with E-state index in [2.05, 4.69) is 5.32 Å². The van der Waals surface area contributed by atoms with Gasteiger partial charge in [0.2, 0.25) is 5.75 Å². The van der Waals surface area contributed by atoms with Crippen LogP contribution in [0.1, 0.15) is 22.1 Å². The summed E-state index contributed by atoms with van der Waals surface area (Å²) in [5, 5.41) is 3.93. The molecule has 7 heteroatoms. The SMILES string of the molecule is COc1cc([C@H]2Nc3ccccc3C(=O)N2c2ccccc2Cl)cc(OC)c1OC. The van der Waals surface area contributed by atoms with Gasteiger partial charge in [-0.05, 0) is 36.4 Å². The number of anilines is 2. The van der Waals surface area contributed by atoms with Crippen molar-refractivity contribution in [1.29, 1.82) is 0 Å². The molecular weight excluding hydrogens is 404 g/mol.